The summed E-state index contributed by atoms with van der Waals surface area (Å²) in [5, 5.41) is 0. The van der Waals surface area contributed by atoms with E-state index < -0.39 is 17.2 Å². The normalized spacial score (nSPS) is 11.0. The van der Waals surface area contributed by atoms with Crippen LogP contribution in [-0.2, 0) is 17.1 Å². The van der Waals surface area contributed by atoms with E-state index in [9.17, 15) is 0 Å². The van der Waals surface area contributed by atoms with Crippen molar-refractivity contribution in [3.05, 3.63) is 84.9 Å². The largest absolute Gasteiger partial charge is 1.00 e. The van der Waals surface area contributed by atoms with Crippen LogP contribution in [-0.4, -0.2) is 19.6 Å². The first-order valence-corrected chi connectivity index (χ1v) is 12.0. The molecule has 4 aromatic rings. The minimum Gasteiger partial charge on any atom is -1.00 e. The average molecular weight is 655 g/mol. The number of rotatable bonds is 4. The van der Waals surface area contributed by atoms with Gasteiger partial charge in [0.25, 0.3) is 0 Å². The molecule has 6 nitrogen and oxygen atoms in total. The minimum absolute atomic E-state index is 0. The van der Waals surface area contributed by atoms with Crippen molar-refractivity contribution in [3.63, 3.8) is 0 Å². The Bertz CT molecular complexity index is 1220. The van der Waals surface area contributed by atoms with E-state index in [4.69, 9.17) is 28.6 Å². The first-order chi connectivity index (χ1) is 15.5. The van der Waals surface area contributed by atoms with Gasteiger partial charge < -0.3 is 52.6 Å². The first-order valence-electron chi connectivity index (χ1n) is 9.72. The summed E-state index contributed by atoms with van der Waals surface area (Å²) in [5.74, 6) is 1.07. The maximum atomic E-state index is 8.89. The van der Waals surface area contributed by atoms with Gasteiger partial charge in [-0.15, -0.1) is 0 Å². The van der Waals surface area contributed by atoms with Crippen molar-refractivity contribution >= 4 is 17.2 Å². The molecular weight excluding hydrogens is 637 g/mol. The van der Waals surface area contributed by atoms with Crippen LogP contribution in [0.5, 0.6) is 11.5 Å². The predicted molar refractivity (Wildman–Crippen MR) is 126 cm³/mol. The summed E-state index contributed by atoms with van der Waals surface area (Å²) in [6.45, 7) is 0. The second-order valence-electron chi connectivity index (χ2n) is 7.14. The number of hydrogen-bond acceptors (Lipinski definition) is 6. The third-order valence-corrected chi connectivity index (χ3v) is 6.11. The summed E-state index contributed by atoms with van der Waals surface area (Å²) >= 11 is 0. The fraction of sp³-hybridized carbons (Fsp3) is 0. The Morgan fingerprint density at radius 2 is 0.765 bits per heavy atom. The number of fused-ring (bicyclic) bond motifs is 8. The Balaban J connectivity index is 0.000000180. The fourth-order valence-electron chi connectivity index (χ4n) is 4.14. The summed E-state index contributed by atoms with van der Waals surface area (Å²) in [4.78, 5) is 35.6. The van der Waals surface area contributed by atoms with E-state index >= 15 is 0 Å². The van der Waals surface area contributed by atoms with Crippen LogP contribution in [0, 0.1) is 0 Å². The maximum Gasteiger partial charge on any atom is 1.00 e. The van der Waals surface area contributed by atoms with Gasteiger partial charge >= 0.3 is 34.3 Å². The van der Waals surface area contributed by atoms with Crippen LogP contribution < -0.4 is 33.0 Å². The first kappa shape index (κ1) is 27.0. The quantitative estimate of drug-likeness (QED) is 0.133. The molecule has 0 aromatic heterocycles. The molecule has 2 aliphatic rings. The van der Waals surface area contributed by atoms with Crippen LogP contribution >= 0.6 is 17.2 Å². The SMILES string of the molecule is OP(O)Oc1cccc2c1-c1ccccc1-2.OP(O)Oc1cccc2c1-c1ccccc1-2.[Cu+].[I-]. The molecule has 178 valence electrons. The van der Waals surface area contributed by atoms with E-state index in [1.807, 2.05) is 72.8 Å². The van der Waals surface area contributed by atoms with E-state index in [1.165, 1.54) is 11.1 Å². The monoisotopic (exact) mass is 654 g/mol. The topological polar surface area (TPSA) is 99.4 Å². The van der Waals surface area contributed by atoms with Crippen molar-refractivity contribution in [2.75, 3.05) is 0 Å². The Morgan fingerprint density at radius 3 is 1.12 bits per heavy atom. The molecule has 0 fully saturated rings. The van der Waals surface area contributed by atoms with Gasteiger partial charge in [-0.05, 0) is 45.5 Å². The molecule has 34 heavy (non-hydrogen) atoms. The summed E-state index contributed by atoms with van der Waals surface area (Å²) in [6, 6.07) is 27.2. The smallest absolute Gasteiger partial charge is 1.00 e. The zero-order chi connectivity index (χ0) is 22.2. The van der Waals surface area contributed by atoms with Crippen molar-refractivity contribution in [1.82, 2.24) is 0 Å². The molecule has 0 spiro atoms. The standard InChI is InChI=1S/2C12H9O3P.Cu.HI/c2*13-16(14)15-11-7-3-6-10-8-4-1-2-5-9(8)12(10)11;;/h2*1-7,13-14H;;1H/q;;+1;/p-1. The molecule has 4 N–H and O–H groups in total. The van der Waals surface area contributed by atoms with Crippen molar-refractivity contribution in [1.29, 1.82) is 0 Å². The van der Waals surface area contributed by atoms with Crippen LogP contribution in [0.15, 0.2) is 84.9 Å². The van der Waals surface area contributed by atoms with E-state index in [1.54, 1.807) is 12.1 Å². The van der Waals surface area contributed by atoms with Gasteiger partial charge in [-0.2, -0.15) is 0 Å². The van der Waals surface area contributed by atoms with Gasteiger partial charge in [0.15, 0.2) is 0 Å². The summed E-state index contributed by atoms with van der Waals surface area (Å²) in [7, 11) is -4.72. The third kappa shape index (κ3) is 5.02. The summed E-state index contributed by atoms with van der Waals surface area (Å²) in [5.41, 5.74) is 8.71. The van der Waals surface area contributed by atoms with Gasteiger partial charge in [0.05, 0.1) is 0 Å². The molecule has 4 aromatic carbocycles. The number of halogens is 1. The molecule has 0 bridgehead atoms. The molecule has 0 amide bonds. The van der Waals surface area contributed by atoms with Crippen LogP contribution in [0.1, 0.15) is 0 Å². The number of benzene rings is 4. The van der Waals surface area contributed by atoms with Gasteiger partial charge in [0.1, 0.15) is 11.5 Å². The van der Waals surface area contributed by atoms with Crippen molar-refractivity contribution in [3.8, 4) is 56.0 Å². The van der Waals surface area contributed by atoms with E-state index in [2.05, 4.69) is 0 Å². The molecule has 0 atom stereocenters. The molecule has 6 rings (SSSR count). The van der Waals surface area contributed by atoms with Crippen molar-refractivity contribution in [2.24, 2.45) is 0 Å². The second kappa shape index (κ2) is 11.4. The molecule has 10 heteroatoms. The van der Waals surface area contributed by atoms with Gasteiger partial charge in [0.2, 0.25) is 0 Å². The molecule has 0 heterocycles. The Morgan fingerprint density at radius 1 is 0.441 bits per heavy atom. The van der Waals surface area contributed by atoms with Gasteiger partial charge in [-0.1, -0.05) is 72.8 Å². The van der Waals surface area contributed by atoms with E-state index in [-0.39, 0.29) is 41.0 Å². The molecule has 0 unspecified atom stereocenters. The van der Waals surface area contributed by atoms with E-state index in [0.29, 0.717) is 11.5 Å². The van der Waals surface area contributed by atoms with Gasteiger partial charge in [-0.3, -0.25) is 0 Å². The third-order valence-electron chi connectivity index (χ3n) is 5.39. The zero-order valence-electron chi connectivity index (χ0n) is 17.3. The fourth-order valence-corrected chi connectivity index (χ4v) is 4.80. The van der Waals surface area contributed by atoms with Crippen LogP contribution in [0.3, 0.4) is 0 Å². The van der Waals surface area contributed by atoms with E-state index in [0.717, 1.165) is 33.4 Å². The molecular formula is C24H18CuIO6P2. The second-order valence-corrected chi connectivity index (χ2v) is 8.51. The Hall–Kier alpha value is -1.57. The maximum absolute atomic E-state index is 8.89. The van der Waals surface area contributed by atoms with Crippen LogP contribution in [0.25, 0.3) is 44.5 Å². The molecule has 0 aliphatic heterocycles. The summed E-state index contributed by atoms with van der Waals surface area (Å²) in [6.07, 6.45) is 0. The van der Waals surface area contributed by atoms with Crippen molar-refractivity contribution in [2.45, 2.75) is 0 Å². The molecule has 0 radical (unpaired) electrons. The zero-order valence-corrected chi connectivity index (χ0v) is 22.2. The molecule has 2 aliphatic carbocycles. The predicted octanol–water partition coefficient (Wildman–Crippen LogP) is 2.85. The van der Waals surface area contributed by atoms with Crippen molar-refractivity contribution < 1.29 is 69.7 Å². The number of hydrogen-bond donors (Lipinski definition) is 4. The Kier molecular flexibility index (Phi) is 9.10. The van der Waals surface area contributed by atoms with Crippen LogP contribution in [0.2, 0.25) is 0 Å². The minimum atomic E-state index is -2.36. The van der Waals surface area contributed by atoms with Gasteiger partial charge in [0, 0.05) is 11.1 Å². The Labute approximate surface area is 226 Å². The average Bonchev–Trinajstić information content (AvgIpc) is 2.75. The molecule has 0 saturated carbocycles. The summed E-state index contributed by atoms with van der Waals surface area (Å²) < 4.78 is 10.0. The van der Waals surface area contributed by atoms with Crippen LogP contribution in [0.4, 0.5) is 0 Å². The molecule has 0 saturated heterocycles. The van der Waals surface area contributed by atoms with Gasteiger partial charge in [-0.25, -0.2) is 0 Å².